The molecular formula is C23H30N2O3. The van der Waals surface area contributed by atoms with E-state index in [0.29, 0.717) is 6.54 Å². The summed E-state index contributed by atoms with van der Waals surface area (Å²) < 4.78 is 11.3. The molecule has 1 unspecified atom stereocenters. The number of nitrogens with zero attached hydrogens (tertiary/aromatic N) is 1. The van der Waals surface area contributed by atoms with Crippen LogP contribution in [0.2, 0.25) is 0 Å². The Bertz CT molecular complexity index is 800. The zero-order valence-corrected chi connectivity index (χ0v) is 17.0. The topological polar surface area (TPSA) is 50.8 Å². The Kier molecular flexibility index (Phi) is 6.93. The number of hydrogen-bond acceptors (Lipinski definition) is 4. The van der Waals surface area contributed by atoms with Gasteiger partial charge in [0.25, 0.3) is 5.91 Å². The van der Waals surface area contributed by atoms with E-state index >= 15 is 0 Å². The molecule has 2 aromatic carbocycles. The van der Waals surface area contributed by atoms with Crippen LogP contribution in [0, 0.1) is 13.8 Å². The molecule has 1 saturated heterocycles. The van der Waals surface area contributed by atoms with Crippen molar-refractivity contribution in [3.05, 3.63) is 59.2 Å². The summed E-state index contributed by atoms with van der Waals surface area (Å²) in [6.45, 7) is 6.63. The summed E-state index contributed by atoms with van der Waals surface area (Å²) in [4.78, 5) is 14.9. The predicted molar refractivity (Wildman–Crippen MR) is 111 cm³/mol. The molecule has 150 valence electrons. The van der Waals surface area contributed by atoms with Crippen molar-refractivity contribution < 1.29 is 14.3 Å². The molecule has 0 spiro atoms. The van der Waals surface area contributed by atoms with E-state index in [1.165, 1.54) is 12.8 Å². The number of methoxy groups -OCH3 is 1. The molecule has 5 heteroatoms. The monoisotopic (exact) mass is 382 g/mol. The maximum Gasteiger partial charge on any atom is 0.258 e. The number of amides is 1. The fraction of sp³-hybridized carbons (Fsp3) is 0.435. The van der Waals surface area contributed by atoms with Crippen LogP contribution >= 0.6 is 0 Å². The van der Waals surface area contributed by atoms with Gasteiger partial charge < -0.3 is 14.8 Å². The molecule has 0 radical (unpaired) electrons. The third-order valence-corrected chi connectivity index (χ3v) is 5.27. The number of nitrogens with one attached hydrogen (secondary N) is 1. The van der Waals surface area contributed by atoms with E-state index in [-0.39, 0.29) is 18.6 Å². The van der Waals surface area contributed by atoms with Gasteiger partial charge in [-0.1, -0.05) is 30.3 Å². The number of carbonyl (C=O) groups is 1. The lowest BCUT2D eigenvalue weighted by molar-refractivity contribution is -0.123. The summed E-state index contributed by atoms with van der Waals surface area (Å²) in [6, 6.07) is 14.2. The van der Waals surface area contributed by atoms with Crippen LogP contribution in [-0.2, 0) is 4.79 Å². The Morgan fingerprint density at radius 3 is 2.61 bits per heavy atom. The van der Waals surface area contributed by atoms with Crippen LogP contribution in [0.25, 0.3) is 0 Å². The predicted octanol–water partition coefficient (Wildman–Crippen LogP) is 3.64. The van der Waals surface area contributed by atoms with Crippen molar-refractivity contribution in [2.45, 2.75) is 32.7 Å². The van der Waals surface area contributed by atoms with E-state index in [2.05, 4.69) is 16.3 Å². The van der Waals surface area contributed by atoms with Gasteiger partial charge >= 0.3 is 0 Å². The first-order valence-corrected chi connectivity index (χ1v) is 9.92. The van der Waals surface area contributed by atoms with Crippen molar-refractivity contribution in [1.29, 1.82) is 0 Å². The number of rotatable bonds is 8. The summed E-state index contributed by atoms with van der Waals surface area (Å²) in [5.74, 6) is 1.51. The molecule has 0 bridgehead atoms. The summed E-state index contributed by atoms with van der Waals surface area (Å²) in [5.41, 5.74) is 3.26. The van der Waals surface area contributed by atoms with Crippen LogP contribution < -0.4 is 14.8 Å². The quantitative estimate of drug-likeness (QED) is 0.757. The number of likely N-dealkylation sites (tertiary alicyclic amines) is 1. The normalized spacial score (nSPS) is 15.2. The lowest BCUT2D eigenvalue weighted by Crippen LogP contribution is -2.38. The summed E-state index contributed by atoms with van der Waals surface area (Å²) in [7, 11) is 1.69. The molecule has 1 fully saturated rings. The van der Waals surface area contributed by atoms with Crippen molar-refractivity contribution in [3.8, 4) is 11.5 Å². The smallest absolute Gasteiger partial charge is 0.258 e. The maximum absolute atomic E-state index is 12.4. The minimum absolute atomic E-state index is 0.0168. The number of para-hydroxylation sites is 1. The molecule has 1 amide bonds. The Morgan fingerprint density at radius 2 is 1.86 bits per heavy atom. The third kappa shape index (κ3) is 5.04. The number of aryl methyl sites for hydroxylation is 2. The Balaban J connectivity index is 1.63. The van der Waals surface area contributed by atoms with Gasteiger partial charge in [0.1, 0.15) is 11.5 Å². The number of ether oxygens (including phenoxy) is 2. The molecule has 1 N–H and O–H groups in total. The fourth-order valence-electron chi connectivity index (χ4n) is 3.70. The fourth-order valence-corrected chi connectivity index (χ4v) is 3.70. The molecule has 1 heterocycles. The van der Waals surface area contributed by atoms with E-state index in [1.807, 2.05) is 50.2 Å². The second kappa shape index (κ2) is 9.60. The molecule has 28 heavy (non-hydrogen) atoms. The van der Waals surface area contributed by atoms with Crippen LogP contribution in [0.3, 0.4) is 0 Å². The van der Waals surface area contributed by atoms with Crippen molar-refractivity contribution in [1.82, 2.24) is 10.2 Å². The highest BCUT2D eigenvalue weighted by Gasteiger charge is 2.26. The van der Waals surface area contributed by atoms with Crippen LogP contribution in [0.4, 0.5) is 0 Å². The number of hydrogen-bond donors (Lipinski definition) is 1. The highest BCUT2D eigenvalue weighted by molar-refractivity contribution is 5.77. The minimum atomic E-state index is -0.111. The van der Waals surface area contributed by atoms with Crippen LogP contribution in [-0.4, -0.2) is 44.2 Å². The summed E-state index contributed by atoms with van der Waals surface area (Å²) >= 11 is 0. The van der Waals surface area contributed by atoms with E-state index in [4.69, 9.17) is 9.47 Å². The molecule has 1 aliphatic rings. The highest BCUT2D eigenvalue weighted by atomic mass is 16.5. The van der Waals surface area contributed by atoms with E-state index in [1.54, 1.807) is 7.11 Å². The van der Waals surface area contributed by atoms with Gasteiger partial charge in [-0.05, 0) is 63.0 Å². The van der Waals surface area contributed by atoms with Crippen molar-refractivity contribution in [2.24, 2.45) is 0 Å². The molecule has 3 rings (SSSR count). The number of benzene rings is 2. The lowest BCUT2D eigenvalue weighted by atomic mass is 10.0. The molecular weight excluding hydrogens is 352 g/mol. The molecule has 0 saturated carbocycles. The van der Waals surface area contributed by atoms with Gasteiger partial charge in [-0.2, -0.15) is 0 Å². The second-order valence-corrected chi connectivity index (χ2v) is 7.36. The first-order valence-electron chi connectivity index (χ1n) is 9.92. The Morgan fingerprint density at radius 1 is 1.11 bits per heavy atom. The zero-order valence-electron chi connectivity index (χ0n) is 17.0. The lowest BCUT2D eigenvalue weighted by Gasteiger charge is -2.29. The van der Waals surface area contributed by atoms with E-state index < -0.39 is 0 Å². The van der Waals surface area contributed by atoms with Gasteiger partial charge in [0.2, 0.25) is 0 Å². The average molecular weight is 383 g/mol. The van der Waals surface area contributed by atoms with Crippen molar-refractivity contribution in [3.63, 3.8) is 0 Å². The average Bonchev–Trinajstić information content (AvgIpc) is 3.23. The van der Waals surface area contributed by atoms with Gasteiger partial charge in [-0.15, -0.1) is 0 Å². The van der Waals surface area contributed by atoms with Crippen LogP contribution in [0.5, 0.6) is 11.5 Å². The number of carbonyl (C=O) groups excluding carboxylic acids is 1. The van der Waals surface area contributed by atoms with Crippen molar-refractivity contribution in [2.75, 3.05) is 33.4 Å². The SMILES string of the molecule is COc1ccccc1C(CNC(=O)COc1cc(C)ccc1C)N1CCCC1. The molecule has 0 aromatic heterocycles. The Hall–Kier alpha value is -2.53. The second-order valence-electron chi connectivity index (χ2n) is 7.36. The van der Waals surface area contributed by atoms with Crippen LogP contribution in [0.15, 0.2) is 42.5 Å². The zero-order chi connectivity index (χ0) is 19.9. The molecule has 1 atom stereocenters. The van der Waals surface area contributed by atoms with Gasteiger partial charge in [0, 0.05) is 12.1 Å². The van der Waals surface area contributed by atoms with E-state index in [9.17, 15) is 4.79 Å². The summed E-state index contributed by atoms with van der Waals surface area (Å²) in [5, 5.41) is 3.05. The first-order chi connectivity index (χ1) is 13.6. The summed E-state index contributed by atoms with van der Waals surface area (Å²) in [6.07, 6.45) is 2.38. The van der Waals surface area contributed by atoms with Gasteiger partial charge in [-0.25, -0.2) is 0 Å². The largest absolute Gasteiger partial charge is 0.496 e. The first kappa shape index (κ1) is 20.2. The minimum Gasteiger partial charge on any atom is -0.496 e. The third-order valence-electron chi connectivity index (χ3n) is 5.27. The van der Waals surface area contributed by atoms with Gasteiger partial charge in [-0.3, -0.25) is 9.69 Å². The Labute approximate surface area is 167 Å². The van der Waals surface area contributed by atoms with Gasteiger partial charge in [0.05, 0.1) is 13.2 Å². The molecule has 1 aliphatic heterocycles. The van der Waals surface area contributed by atoms with Crippen molar-refractivity contribution >= 4 is 5.91 Å². The highest BCUT2D eigenvalue weighted by Crippen LogP contribution is 2.31. The molecule has 2 aromatic rings. The molecule has 0 aliphatic carbocycles. The maximum atomic E-state index is 12.4. The standard InChI is InChI=1S/C23H30N2O3/c1-17-10-11-18(2)22(14-17)28-16-23(26)24-15-20(25-12-6-7-13-25)19-8-4-5-9-21(19)27-3/h4-5,8-11,14,20H,6-7,12-13,15-16H2,1-3H3,(H,24,26). The van der Waals surface area contributed by atoms with Gasteiger partial charge in [0.15, 0.2) is 6.61 Å². The molecule has 5 nitrogen and oxygen atoms in total. The van der Waals surface area contributed by atoms with E-state index in [0.717, 1.165) is 41.3 Å². The van der Waals surface area contributed by atoms with Crippen LogP contribution in [0.1, 0.15) is 35.6 Å².